The first-order valence-corrected chi connectivity index (χ1v) is 8.21. The van der Waals surface area contributed by atoms with Crippen LogP contribution in [0.3, 0.4) is 0 Å². The van der Waals surface area contributed by atoms with Crippen molar-refractivity contribution >= 4 is 9.84 Å². The summed E-state index contributed by atoms with van der Waals surface area (Å²) in [6, 6.07) is 7.36. The van der Waals surface area contributed by atoms with Crippen LogP contribution in [0.15, 0.2) is 24.3 Å². The molecule has 2 unspecified atom stereocenters. The highest BCUT2D eigenvalue weighted by Crippen LogP contribution is 2.49. The fraction of sp³-hybridized carbons (Fsp3) is 0.500. The Morgan fingerprint density at radius 3 is 2.70 bits per heavy atom. The Balaban J connectivity index is 2.58. The fourth-order valence-electron chi connectivity index (χ4n) is 2.92. The highest BCUT2D eigenvalue weighted by Gasteiger charge is 2.57. The fourth-order valence-corrected chi connectivity index (χ4v) is 4.92. The van der Waals surface area contributed by atoms with Gasteiger partial charge in [-0.05, 0) is 30.5 Å². The first kappa shape index (κ1) is 14.9. The minimum atomic E-state index is -3.35. The summed E-state index contributed by atoms with van der Waals surface area (Å²) < 4.78 is 36.8. The van der Waals surface area contributed by atoms with Gasteiger partial charge in [0.2, 0.25) is 0 Å². The maximum Gasteiger partial charge on any atom is 0.152 e. The van der Waals surface area contributed by atoms with E-state index < -0.39 is 32.4 Å². The van der Waals surface area contributed by atoms with E-state index >= 15 is 0 Å². The van der Waals surface area contributed by atoms with E-state index in [1.54, 1.807) is 6.92 Å². The topological polar surface area (TPSA) is 78.2 Å². The molecule has 4 nitrogen and oxygen atoms in total. The SMILES string of the molecule is CCC(O)(c1cccc(F)c1)C1(C#N)CCS(=O)(=O)C1. The number of sulfone groups is 1. The number of rotatable bonds is 3. The van der Waals surface area contributed by atoms with Gasteiger partial charge in [0.25, 0.3) is 0 Å². The van der Waals surface area contributed by atoms with Gasteiger partial charge in [-0.3, -0.25) is 0 Å². The van der Waals surface area contributed by atoms with Gasteiger partial charge in [0.1, 0.15) is 16.8 Å². The van der Waals surface area contributed by atoms with E-state index in [1.165, 1.54) is 18.2 Å². The summed E-state index contributed by atoms with van der Waals surface area (Å²) in [5.41, 5.74) is -2.85. The molecule has 0 aliphatic carbocycles. The van der Waals surface area contributed by atoms with Crippen molar-refractivity contribution in [1.29, 1.82) is 5.26 Å². The van der Waals surface area contributed by atoms with Crippen molar-refractivity contribution in [3.8, 4) is 6.07 Å². The van der Waals surface area contributed by atoms with Gasteiger partial charge in [-0.1, -0.05) is 19.1 Å². The predicted molar refractivity (Wildman–Crippen MR) is 71.9 cm³/mol. The van der Waals surface area contributed by atoms with Gasteiger partial charge in [0, 0.05) is 0 Å². The summed E-state index contributed by atoms with van der Waals surface area (Å²) in [5, 5.41) is 20.4. The highest BCUT2D eigenvalue weighted by molar-refractivity contribution is 7.91. The smallest absolute Gasteiger partial charge is 0.152 e. The largest absolute Gasteiger partial charge is 0.383 e. The molecule has 1 aliphatic heterocycles. The van der Waals surface area contributed by atoms with Crippen LogP contribution in [0.25, 0.3) is 0 Å². The lowest BCUT2D eigenvalue weighted by molar-refractivity contribution is -0.0536. The average Bonchev–Trinajstić information content (AvgIpc) is 2.75. The molecule has 1 saturated heterocycles. The Hall–Kier alpha value is -1.45. The zero-order valence-electron chi connectivity index (χ0n) is 11.1. The molecule has 0 aromatic heterocycles. The minimum Gasteiger partial charge on any atom is -0.383 e. The van der Waals surface area contributed by atoms with E-state index in [9.17, 15) is 23.2 Å². The molecule has 6 heteroatoms. The van der Waals surface area contributed by atoms with Crippen LogP contribution in [-0.2, 0) is 15.4 Å². The number of nitrogens with zero attached hydrogens (tertiary/aromatic N) is 1. The van der Waals surface area contributed by atoms with Crippen LogP contribution in [0.2, 0.25) is 0 Å². The average molecular weight is 297 g/mol. The third-order valence-corrected chi connectivity index (χ3v) is 5.88. The molecule has 0 bridgehead atoms. The van der Waals surface area contributed by atoms with Crippen molar-refractivity contribution in [1.82, 2.24) is 0 Å². The van der Waals surface area contributed by atoms with E-state index in [2.05, 4.69) is 0 Å². The standard InChI is InChI=1S/C14H16FNO3S/c1-2-14(17,11-4-3-5-12(15)8-11)13(9-16)6-7-20(18,19)10-13/h3-5,8,17H,2,6-7,10H2,1H3. The molecule has 1 aromatic carbocycles. The Bertz CT molecular complexity index is 667. The second-order valence-electron chi connectivity index (χ2n) is 5.26. The maximum atomic E-state index is 13.4. The highest BCUT2D eigenvalue weighted by atomic mass is 32.2. The molecule has 108 valence electrons. The van der Waals surface area contributed by atoms with Crippen LogP contribution >= 0.6 is 0 Å². The van der Waals surface area contributed by atoms with E-state index in [0.29, 0.717) is 0 Å². The number of hydrogen-bond acceptors (Lipinski definition) is 4. The Morgan fingerprint density at radius 1 is 1.55 bits per heavy atom. The third kappa shape index (κ3) is 2.21. The van der Waals surface area contributed by atoms with Gasteiger partial charge < -0.3 is 5.11 Å². The maximum absolute atomic E-state index is 13.4. The van der Waals surface area contributed by atoms with Crippen molar-refractivity contribution in [3.05, 3.63) is 35.6 Å². The van der Waals surface area contributed by atoms with Gasteiger partial charge in [-0.15, -0.1) is 0 Å². The van der Waals surface area contributed by atoms with Crippen LogP contribution in [0, 0.1) is 22.6 Å². The monoisotopic (exact) mass is 297 g/mol. The summed E-state index contributed by atoms with van der Waals surface area (Å²) in [5.74, 6) is -1.04. The number of nitriles is 1. The summed E-state index contributed by atoms with van der Waals surface area (Å²) in [6.07, 6.45) is 0.201. The van der Waals surface area contributed by atoms with Crippen LogP contribution < -0.4 is 0 Å². The summed E-state index contributed by atoms with van der Waals surface area (Å²) in [6.45, 7) is 1.66. The lowest BCUT2D eigenvalue weighted by Gasteiger charge is -2.39. The van der Waals surface area contributed by atoms with E-state index in [0.717, 1.165) is 6.07 Å². The van der Waals surface area contributed by atoms with Crippen LogP contribution in [-0.4, -0.2) is 25.0 Å². The zero-order chi connectivity index (χ0) is 15.0. The van der Waals surface area contributed by atoms with E-state index in [-0.39, 0.29) is 24.2 Å². The molecule has 0 radical (unpaired) electrons. The second-order valence-corrected chi connectivity index (χ2v) is 7.44. The van der Waals surface area contributed by atoms with Gasteiger partial charge in [0.05, 0.1) is 17.6 Å². The van der Waals surface area contributed by atoms with Gasteiger partial charge in [-0.2, -0.15) is 5.26 Å². The van der Waals surface area contributed by atoms with Crippen LogP contribution in [0.4, 0.5) is 4.39 Å². The normalized spacial score (nSPS) is 27.7. The van der Waals surface area contributed by atoms with Crippen molar-refractivity contribution in [2.24, 2.45) is 5.41 Å². The predicted octanol–water partition coefficient (Wildman–Crippen LogP) is 1.75. The van der Waals surface area contributed by atoms with Crippen LogP contribution in [0.5, 0.6) is 0 Å². The Labute approximate surface area is 117 Å². The van der Waals surface area contributed by atoms with Gasteiger partial charge >= 0.3 is 0 Å². The van der Waals surface area contributed by atoms with Crippen molar-refractivity contribution in [3.63, 3.8) is 0 Å². The number of benzene rings is 1. The summed E-state index contributed by atoms with van der Waals surface area (Å²) in [7, 11) is -3.35. The number of aliphatic hydroxyl groups is 1. The zero-order valence-corrected chi connectivity index (χ0v) is 12.0. The first-order chi connectivity index (χ1) is 9.28. The molecule has 1 aliphatic rings. The second kappa shape index (κ2) is 4.83. The number of hydrogen-bond donors (Lipinski definition) is 1. The first-order valence-electron chi connectivity index (χ1n) is 6.39. The molecule has 20 heavy (non-hydrogen) atoms. The number of halogens is 1. The molecule has 1 heterocycles. The molecule has 1 fully saturated rings. The molecule has 1 aromatic rings. The lowest BCUT2D eigenvalue weighted by Crippen LogP contribution is -2.45. The third-order valence-electron chi connectivity index (χ3n) is 4.13. The molecule has 2 rings (SSSR count). The van der Waals surface area contributed by atoms with Crippen molar-refractivity contribution in [2.45, 2.75) is 25.4 Å². The molecule has 0 amide bonds. The molecular formula is C14H16FNO3S. The van der Waals surface area contributed by atoms with Crippen molar-refractivity contribution in [2.75, 3.05) is 11.5 Å². The molecule has 2 atom stereocenters. The molecule has 0 spiro atoms. The van der Waals surface area contributed by atoms with Crippen LogP contribution in [0.1, 0.15) is 25.3 Å². The lowest BCUT2D eigenvalue weighted by atomic mass is 9.67. The van der Waals surface area contributed by atoms with E-state index in [1.807, 2.05) is 6.07 Å². The Morgan fingerprint density at radius 2 is 2.25 bits per heavy atom. The quantitative estimate of drug-likeness (QED) is 0.922. The summed E-state index contributed by atoms with van der Waals surface area (Å²) in [4.78, 5) is 0. The summed E-state index contributed by atoms with van der Waals surface area (Å²) >= 11 is 0. The van der Waals surface area contributed by atoms with Gasteiger partial charge in [0.15, 0.2) is 9.84 Å². The Kier molecular flexibility index (Phi) is 3.61. The molecular weight excluding hydrogens is 281 g/mol. The van der Waals surface area contributed by atoms with E-state index in [4.69, 9.17) is 0 Å². The molecule has 0 saturated carbocycles. The van der Waals surface area contributed by atoms with Crippen molar-refractivity contribution < 1.29 is 17.9 Å². The van der Waals surface area contributed by atoms with Gasteiger partial charge in [-0.25, -0.2) is 12.8 Å². The minimum absolute atomic E-state index is 0.0622. The molecule has 1 N–H and O–H groups in total.